The number of amides is 3. The molecule has 31 heavy (non-hydrogen) atoms. The van der Waals surface area contributed by atoms with Gasteiger partial charge < -0.3 is 14.7 Å². The Morgan fingerprint density at radius 1 is 1.03 bits per heavy atom. The number of benzene rings is 1. The fourth-order valence-electron chi connectivity index (χ4n) is 4.09. The van der Waals surface area contributed by atoms with E-state index in [-0.39, 0.29) is 36.5 Å². The number of aromatic nitrogens is 1. The molecule has 3 heterocycles. The van der Waals surface area contributed by atoms with Gasteiger partial charge in [0.05, 0.1) is 12.3 Å². The van der Waals surface area contributed by atoms with E-state index in [4.69, 9.17) is 0 Å². The average Bonchev–Trinajstić information content (AvgIpc) is 3.21. The summed E-state index contributed by atoms with van der Waals surface area (Å²) >= 11 is 1.65. The van der Waals surface area contributed by atoms with Gasteiger partial charge in [-0.1, -0.05) is 6.07 Å². The molecule has 0 saturated carbocycles. The first-order valence-electron chi connectivity index (χ1n) is 10.5. The Hall–Kier alpha value is -2.87. The number of nitrogens with zero attached hydrogens (tertiary/aromatic N) is 4. The monoisotopic (exact) mass is 438 g/mol. The van der Waals surface area contributed by atoms with Gasteiger partial charge in [0.15, 0.2) is 0 Å². The molecule has 2 aromatic rings. The predicted octanol–water partition coefficient (Wildman–Crippen LogP) is 2.07. The van der Waals surface area contributed by atoms with Crippen LogP contribution >= 0.6 is 11.8 Å². The van der Waals surface area contributed by atoms with Crippen molar-refractivity contribution in [3.05, 3.63) is 54.4 Å². The minimum atomic E-state index is -0.330. The molecule has 1 atom stereocenters. The first-order valence-corrected chi connectivity index (χ1v) is 11.7. The maximum absolute atomic E-state index is 13.0. The summed E-state index contributed by atoms with van der Waals surface area (Å²) in [5, 5.41) is 0. The second-order valence-corrected chi connectivity index (χ2v) is 8.69. The van der Waals surface area contributed by atoms with Crippen molar-refractivity contribution in [2.45, 2.75) is 17.7 Å². The molecule has 162 valence electrons. The topological polar surface area (TPSA) is 73.8 Å². The van der Waals surface area contributed by atoms with Crippen LogP contribution in [-0.4, -0.2) is 71.5 Å². The third-order valence-electron chi connectivity index (χ3n) is 5.86. The number of pyridine rings is 1. The Kier molecular flexibility index (Phi) is 6.56. The SMILES string of the molecule is CSc1ccc(N2CC(C(=O)N3CCN(C(=O)Cc4ccccn4)CC3)CC2=O)cc1. The van der Waals surface area contributed by atoms with Crippen LogP contribution in [0, 0.1) is 5.92 Å². The molecule has 7 nitrogen and oxygen atoms in total. The van der Waals surface area contributed by atoms with Gasteiger partial charge in [0.1, 0.15) is 0 Å². The number of carbonyl (C=O) groups is 3. The van der Waals surface area contributed by atoms with Crippen LogP contribution in [0.2, 0.25) is 0 Å². The molecule has 2 aliphatic heterocycles. The zero-order valence-corrected chi connectivity index (χ0v) is 18.4. The molecule has 3 amide bonds. The van der Waals surface area contributed by atoms with Gasteiger partial charge in [-0.2, -0.15) is 0 Å². The van der Waals surface area contributed by atoms with Gasteiger partial charge in [-0.25, -0.2) is 0 Å². The summed E-state index contributed by atoms with van der Waals surface area (Å²) in [6, 6.07) is 13.4. The van der Waals surface area contributed by atoms with Gasteiger partial charge in [-0.3, -0.25) is 19.4 Å². The Labute approximate surface area is 186 Å². The standard InChI is InChI=1S/C23H26N4O3S/c1-31-20-7-5-19(6-8-20)27-16-17(14-22(27)29)23(30)26-12-10-25(11-13-26)21(28)15-18-4-2-3-9-24-18/h2-9,17H,10-16H2,1H3. The smallest absolute Gasteiger partial charge is 0.228 e. The molecule has 0 bridgehead atoms. The first-order chi connectivity index (χ1) is 15.0. The van der Waals surface area contributed by atoms with Crippen LogP contribution in [0.4, 0.5) is 5.69 Å². The molecule has 2 fully saturated rings. The highest BCUT2D eigenvalue weighted by atomic mass is 32.2. The summed E-state index contributed by atoms with van der Waals surface area (Å²) in [6.45, 7) is 2.44. The lowest BCUT2D eigenvalue weighted by atomic mass is 10.1. The zero-order valence-electron chi connectivity index (χ0n) is 17.6. The molecule has 0 N–H and O–H groups in total. The third kappa shape index (κ3) is 4.90. The number of anilines is 1. The number of hydrogen-bond acceptors (Lipinski definition) is 5. The van der Waals surface area contributed by atoms with E-state index in [1.165, 1.54) is 0 Å². The van der Waals surface area contributed by atoms with E-state index in [2.05, 4.69) is 4.98 Å². The lowest BCUT2D eigenvalue weighted by molar-refractivity contribution is -0.141. The van der Waals surface area contributed by atoms with Crippen LogP contribution in [0.3, 0.4) is 0 Å². The van der Waals surface area contributed by atoms with E-state index in [0.29, 0.717) is 32.7 Å². The Morgan fingerprint density at radius 2 is 1.74 bits per heavy atom. The lowest BCUT2D eigenvalue weighted by Gasteiger charge is -2.36. The van der Waals surface area contributed by atoms with Gasteiger partial charge >= 0.3 is 0 Å². The summed E-state index contributed by atoms with van der Waals surface area (Å²) in [4.78, 5) is 48.7. The van der Waals surface area contributed by atoms with E-state index in [0.717, 1.165) is 16.3 Å². The van der Waals surface area contributed by atoms with Gasteiger partial charge in [-0.05, 0) is 42.7 Å². The summed E-state index contributed by atoms with van der Waals surface area (Å²) < 4.78 is 0. The summed E-state index contributed by atoms with van der Waals surface area (Å²) in [5.41, 5.74) is 1.59. The lowest BCUT2D eigenvalue weighted by Crippen LogP contribution is -2.52. The molecule has 1 unspecified atom stereocenters. The average molecular weight is 439 g/mol. The van der Waals surface area contributed by atoms with E-state index >= 15 is 0 Å². The molecule has 2 aliphatic rings. The van der Waals surface area contributed by atoms with Crippen LogP contribution in [0.25, 0.3) is 0 Å². The summed E-state index contributed by atoms with van der Waals surface area (Å²) in [5.74, 6) is -0.307. The fourth-order valence-corrected chi connectivity index (χ4v) is 4.50. The molecule has 8 heteroatoms. The summed E-state index contributed by atoms with van der Waals surface area (Å²) in [6.07, 6.45) is 4.21. The van der Waals surface area contributed by atoms with Crippen LogP contribution in [0.15, 0.2) is 53.6 Å². The molecule has 4 rings (SSSR count). The maximum atomic E-state index is 13.0. The highest BCUT2D eigenvalue weighted by molar-refractivity contribution is 7.98. The van der Waals surface area contributed by atoms with Crippen molar-refractivity contribution < 1.29 is 14.4 Å². The Bertz CT molecular complexity index is 943. The minimum absolute atomic E-state index is 0.00779. The van der Waals surface area contributed by atoms with E-state index in [1.807, 2.05) is 48.7 Å². The summed E-state index contributed by atoms with van der Waals surface area (Å²) in [7, 11) is 0. The Balaban J connectivity index is 1.30. The van der Waals surface area contributed by atoms with Gasteiger partial charge in [0.25, 0.3) is 0 Å². The zero-order chi connectivity index (χ0) is 21.8. The maximum Gasteiger partial charge on any atom is 0.228 e. The van der Waals surface area contributed by atoms with Gasteiger partial charge in [-0.15, -0.1) is 11.8 Å². The largest absolute Gasteiger partial charge is 0.339 e. The second-order valence-electron chi connectivity index (χ2n) is 7.81. The Morgan fingerprint density at radius 3 is 2.39 bits per heavy atom. The molecular weight excluding hydrogens is 412 g/mol. The molecule has 0 radical (unpaired) electrons. The molecular formula is C23H26N4O3S. The van der Waals surface area contributed by atoms with Crippen molar-refractivity contribution in [1.29, 1.82) is 0 Å². The van der Waals surface area contributed by atoms with Crippen LogP contribution in [-0.2, 0) is 20.8 Å². The second kappa shape index (κ2) is 9.51. The predicted molar refractivity (Wildman–Crippen MR) is 120 cm³/mol. The van der Waals surface area contributed by atoms with Crippen LogP contribution < -0.4 is 4.90 Å². The highest BCUT2D eigenvalue weighted by Gasteiger charge is 2.38. The molecule has 0 aliphatic carbocycles. The van der Waals surface area contributed by atoms with Crippen LogP contribution in [0.5, 0.6) is 0 Å². The van der Waals surface area contributed by atoms with E-state index in [9.17, 15) is 14.4 Å². The van der Waals surface area contributed by atoms with Gasteiger partial charge in [0.2, 0.25) is 17.7 Å². The molecule has 2 saturated heterocycles. The number of carbonyl (C=O) groups excluding carboxylic acids is 3. The van der Waals surface area contributed by atoms with Crippen molar-refractivity contribution in [1.82, 2.24) is 14.8 Å². The molecule has 1 aromatic carbocycles. The first kappa shape index (κ1) is 21.4. The van der Waals surface area contributed by atoms with Crippen LogP contribution in [0.1, 0.15) is 12.1 Å². The highest BCUT2D eigenvalue weighted by Crippen LogP contribution is 2.28. The van der Waals surface area contributed by atoms with Crippen molar-refractivity contribution >= 4 is 35.2 Å². The number of hydrogen-bond donors (Lipinski definition) is 0. The third-order valence-corrected chi connectivity index (χ3v) is 6.60. The quantitative estimate of drug-likeness (QED) is 0.669. The number of rotatable bonds is 5. The number of thioether (sulfide) groups is 1. The van der Waals surface area contributed by atoms with E-state index in [1.54, 1.807) is 32.7 Å². The van der Waals surface area contributed by atoms with Crippen molar-refractivity contribution in [3.63, 3.8) is 0 Å². The molecule has 0 spiro atoms. The van der Waals surface area contributed by atoms with Crippen molar-refractivity contribution in [2.24, 2.45) is 5.92 Å². The van der Waals surface area contributed by atoms with Crippen molar-refractivity contribution in [3.8, 4) is 0 Å². The van der Waals surface area contributed by atoms with E-state index < -0.39 is 0 Å². The number of piperazine rings is 1. The normalized spacial score (nSPS) is 19.1. The molecule has 1 aromatic heterocycles. The van der Waals surface area contributed by atoms with Gasteiger partial charge in [0, 0.05) is 61.6 Å². The fraction of sp³-hybridized carbons (Fsp3) is 0.391. The minimum Gasteiger partial charge on any atom is -0.339 e. The van der Waals surface area contributed by atoms with Crippen molar-refractivity contribution in [2.75, 3.05) is 43.9 Å².